The average molecular weight is 444 g/mol. The number of benzene rings is 1. The number of hydrogen-bond donors (Lipinski definition) is 2. The van der Waals surface area contributed by atoms with Crippen molar-refractivity contribution in [2.45, 2.75) is 31.2 Å². The van der Waals surface area contributed by atoms with Gasteiger partial charge in [0.15, 0.2) is 0 Å². The van der Waals surface area contributed by atoms with E-state index in [4.69, 9.17) is 5.73 Å². The highest BCUT2D eigenvalue weighted by atomic mass is 35.5. The molecule has 0 atom stereocenters. The molecule has 1 aliphatic heterocycles. The third-order valence-corrected chi connectivity index (χ3v) is 5.23. The Kier molecular flexibility index (Phi) is 11.6. The van der Waals surface area contributed by atoms with Gasteiger partial charge in [0, 0.05) is 45.0 Å². The topological polar surface area (TPSA) is 61.6 Å². The number of carbonyl (C=O) groups is 1. The van der Waals surface area contributed by atoms with Crippen LogP contribution in [0.15, 0.2) is 24.3 Å². The van der Waals surface area contributed by atoms with Crippen molar-refractivity contribution < 1.29 is 9.18 Å². The molecule has 1 aromatic rings. The molecule has 0 bridgehead atoms. The van der Waals surface area contributed by atoms with Crippen LogP contribution in [0.1, 0.15) is 25.7 Å². The fraction of sp³-hybridized carbons (Fsp3) is 0.611. The summed E-state index contributed by atoms with van der Waals surface area (Å²) in [5, 5.41) is 3.00. The van der Waals surface area contributed by atoms with Crippen LogP contribution in [0.2, 0.25) is 0 Å². The zero-order valence-corrected chi connectivity index (χ0v) is 17.8. The van der Waals surface area contributed by atoms with Crippen molar-refractivity contribution >= 4 is 48.8 Å². The second-order valence-corrected chi connectivity index (χ2v) is 6.92. The third kappa shape index (κ3) is 6.95. The molecule has 1 saturated carbocycles. The third-order valence-electron chi connectivity index (χ3n) is 5.23. The van der Waals surface area contributed by atoms with Crippen molar-refractivity contribution in [1.29, 1.82) is 0 Å². The van der Waals surface area contributed by atoms with Crippen molar-refractivity contribution in [3.05, 3.63) is 30.1 Å². The van der Waals surface area contributed by atoms with E-state index in [9.17, 15) is 9.18 Å². The van der Waals surface area contributed by atoms with Gasteiger partial charge >= 0.3 is 0 Å². The van der Waals surface area contributed by atoms with Crippen LogP contribution < -0.4 is 16.0 Å². The summed E-state index contributed by atoms with van der Waals surface area (Å²) in [6.07, 6.45) is 3.70. The van der Waals surface area contributed by atoms with Gasteiger partial charge in [-0.15, -0.1) is 37.2 Å². The lowest BCUT2D eigenvalue weighted by Crippen LogP contribution is -2.54. The summed E-state index contributed by atoms with van der Waals surface area (Å²) in [6, 6.07) is 6.66. The van der Waals surface area contributed by atoms with Gasteiger partial charge in [0.1, 0.15) is 5.82 Å². The molecule has 1 saturated heterocycles. The summed E-state index contributed by atoms with van der Waals surface area (Å²) in [4.78, 5) is 16.8. The van der Waals surface area contributed by atoms with E-state index >= 15 is 0 Å². The molecule has 1 amide bonds. The number of rotatable bonds is 5. The molecule has 156 valence electrons. The minimum Gasteiger partial charge on any atom is -0.369 e. The molecule has 2 fully saturated rings. The average Bonchev–Trinajstić information content (AvgIpc) is 3.04. The number of nitrogens with two attached hydrogens (primary N) is 1. The molecule has 0 radical (unpaired) electrons. The molecule has 1 heterocycles. The number of amides is 1. The highest BCUT2D eigenvalue weighted by molar-refractivity contribution is 5.86. The minimum atomic E-state index is -0.638. The first-order chi connectivity index (χ1) is 11.6. The maximum absolute atomic E-state index is 13.0. The lowest BCUT2D eigenvalue weighted by molar-refractivity contribution is -0.126. The van der Waals surface area contributed by atoms with Crippen LogP contribution in [-0.4, -0.2) is 55.6 Å². The molecular weight excluding hydrogens is 414 g/mol. The summed E-state index contributed by atoms with van der Waals surface area (Å²) in [5.74, 6) is -0.196. The van der Waals surface area contributed by atoms with Crippen molar-refractivity contribution in [2.75, 3.05) is 44.2 Å². The van der Waals surface area contributed by atoms with Crippen molar-refractivity contribution in [1.82, 2.24) is 10.2 Å². The number of nitrogens with zero attached hydrogens (tertiary/aromatic N) is 2. The van der Waals surface area contributed by atoms with Crippen LogP contribution in [-0.2, 0) is 4.79 Å². The van der Waals surface area contributed by atoms with Gasteiger partial charge in [-0.1, -0.05) is 12.8 Å². The Hall–Kier alpha value is -0.790. The molecule has 0 unspecified atom stereocenters. The van der Waals surface area contributed by atoms with E-state index in [1.807, 2.05) is 12.1 Å². The first-order valence-corrected chi connectivity index (χ1v) is 8.87. The molecule has 3 rings (SSSR count). The maximum Gasteiger partial charge on any atom is 0.240 e. The zero-order valence-electron chi connectivity index (χ0n) is 15.4. The Balaban J connectivity index is 0.00000225. The number of nitrogens with one attached hydrogen (secondary N) is 1. The Labute approximate surface area is 179 Å². The Morgan fingerprint density at radius 2 is 1.59 bits per heavy atom. The van der Waals surface area contributed by atoms with E-state index in [1.54, 1.807) is 0 Å². The minimum absolute atomic E-state index is 0. The summed E-state index contributed by atoms with van der Waals surface area (Å²) in [6.45, 7) is 5.22. The molecule has 1 aromatic carbocycles. The lowest BCUT2D eigenvalue weighted by atomic mass is 9.98. The predicted octanol–water partition coefficient (Wildman–Crippen LogP) is 2.60. The Morgan fingerprint density at radius 3 is 2.15 bits per heavy atom. The van der Waals surface area contributed by atoms with Crippen LogP contribution >= 0.6 is 37.2 Å². The first kappa shape index (κ1) is 26.2. The van der Waals surface area contributed by atoms with E-state index in [0.717, 1.165) is 64.1 Å². The molecule has 0 spiro atoms. The Bertz CT molecular complexity index is 562. The molecule has 1 aliphatic carbocycles. The van der Waals surface area contributed by atoms with Gasteiger partial charge in [0.2, 0.25) is 5.91 Å². The second-order valence-electron chi connectivity index (χ2n) is 6.92. The largest absolute Gasteiger partial charge is 0.369 e. The van der Waals surface area contributed by atoms with E-state index in [0.29, 0.717) is 6.54 Å². The number of carbonyl (C=O) groups excluding carboxylic acids is 1. The van der Waals surface area contributed by atoms with Gasteiger partial charge < -0.3 is 16.0 Å². The summed E-state index contributed by atoms with van der Waals surface area (Å²) in [5.41, 5.74) is 6.58. The molecule has 9 heteroatoms. The van der Waals surface area contributed by atoms with Crippen LogP contribution in [0.3, 0.4) is 0 Å². The normalized spacial score (nSPS) is 18.7. The molecule has 3 N–H and O–H groups in total. The molecular formula is C18H30Cl3FN4O. The molecule has 5 nitrogen and oxygen atoms in total. The van der Waals surface area contributed by atoms with Gasteiger partial charge in [0.25, 0.3) is 0 Å². The van der Waals surface area contributed by atoms with Gasteiger partial charge in [-0.25, -0.2) is 4.39 Å². The highest BCUT2D eigenvalue weighted by Gasteiger charge is 2.36. The van der Waals surface area contributed by atoms with E-state index in [2.05, 4.69) is 15.1 Å². The summed E-state index contributed by atoms with van der Waals surface area (Å²) < 4.78 is 13.0. The van der Waals surface area contributed by atoms with Gasteiger partial charge in [-0.2, -0.15) is 0 Å². The van der Waals surface area contributed by atoms with E-state index in [-0.39, 0.29) is 48.9 Å². The van der Waals surface area contributed by atoms with Crippen LogP contribution in [0.25, 0.3) is 0 Å². The monoisotopic (exact) mass is 442 g/mol. The van der Waals surface area contributed by atoms with Crippen LogP contribution in [0.5, 0.6) is 0 Å². The van der Waals surface area contributed by atoms with Crippen molar-refractivity contribution in [3.8, 4) is 0 Å². The smallest absolute Gasteiger partial charge is 0.240 e. The van der Waals surface area contributed by atoms with E-state index < -0.39 is 5.54 Å². The van der Waals surface area contributed by atoms with Gasteiger partial charge in [0.05, 0.1) is 5.54 Å². The quantitative estimate of drug-likeness (QED) is 0.734. The number of piperazine rings is 1. The number of hydrogen-bond acceptors (Lipinski definition) is 4. The summed E-state index contributed by atoms with van der Waals surface area (Å²) in [7, 11) is 0. The number of anilines is 1. The maximum atomic E-state index is 13.0. The fourth-order valence-corrected chi connectivity index (χ4v) is 3.62. The van der Waals surface area contributed by atoms with Crippen molar-refractivity contribution in [2.24, 2.45) is 5.73 Å². The number of halogens is 4. The lowest BCUT2D eigenvalue weighted by Gasteiger charge is -2.36. The fourth-order valence-electron chi connectivity index (χ4n) is 3.62. The molecule has 0 aromatic heterocycles. The highest BCUT2D eigenvalue weighted by Crippen LogP contribution is 2.27. The van der Waals surface area contributed by atoms with Crippen LogP contribution in [0.4, 0.5) is 10.1 Å². The van der Waals surface area contributed by atoms with Crippen molar-refractivity contribution in [3.63, 3.8) is 0 Å². The van der Waals surface area contributed by atoms with E-state index in [1.165, 1.54) is 12.1 Å². The second kappa shape index (κ2) is 11.9. The van der Waals surface area contributed by atoms with Crippen LogP contribution in [0, 0.1) is 5.82 Å². The first-order valence-electron chi connectivity index (χ1n) is 8.87. The van der Waals surface area contributed by atoms with Gasteiger partial charge in [-0.05, 0) is 37.1 Å². The predicted molar refractivity (Wildman–Crippen MR) is 115 cm³/mol. The molecule has 27 heavy (non-hydrogen) atoms. The van der Waals surface area contributed by atoms with Gasteiger partial charge in [-0.3, -0.25) is 9.69 Å². The zero-order chi connectivity index (χ0) is 17.0. The SMILES string of the molecule is Cl.Cl.Cl.NC1(C(=O)NCCN2CCN(c3ccc(F)cc3)CC2)CCCC1. The standard InChI is InChI=1S/C18H27FN4O.3ClH/c19-15-3-5-16(6-4-15)23-13-11-22(12-14-23)10-9-21-17(24)18(20)7-1-2-8-18;;;/h3-6H,1-2,7-14,20H2,(H,21,24);3*1H. The Morgan fingerprint density at radius 1 is 1.04 bits per heavy atom. The summed E-state index contributed by atoms with van der Waals surface area (Å²) >= 11 is 0. The molecule has 2 aliphatic rings.